The van der Waals surface area contributed by atoms with Gasteiger partial charge in [-0.05, 0) is 54.1 Å². The van der Waals surface area contributed by atoms with Crippen LogP contribution < -0.4 is 29.3 Å². The molecule has 0 unspecified atom stereocenters. The van der Waals surface area contributed by atoms with E-state index in [1.807, 2.05) is 6.07 Å². The number of para-hydroxylation sites is 1. The Hall–Kier alpha value is -4.55. The number of H-pyrrole nitrogens is 1. The third kappa shape index (κ3) is 5.03. The fourth-order valence-electron chi connectivity index (χ4n) is 5.22. The second kappa shape index (κ2) is 11.4. The molecule has 4 aromatic rings. The minimum Gasteiger partial charge on any atom is -0.497 e. The molecule has 0 radical (unpaired) electrons. The Morgan fingerprint density at radius 3 is 2.40 bits per heavy atom. The first-order valence-electron chi connectivity index (χ1n) is 12.9. The molecule has 3 heterocycles. The van der Waals surface area contributed by atoms with Crippen molar-refractivity contribution in [3.63, 3.8) is 0 Å². The van der Waals surface area contributed by atoms with Gasteiger partial charge in [-0.1, -0.05) is 47.4 Å². The summed E-state index contributed by atoms with van der Waals surface area (Å²) in [7, 11) is 3.04. The van der Waals surface area contributed by atoms with Gasteiger partial charge in [0.25, 0.3) is 5.91 Å². The number of thiazole rings is 1. The fourth-order valence-corrected chi connectivity index (χ4v) is 7.73. The molecule has 10 nitrogen and oxygen atoms in total. The molecule has 0 bridgehead atoms. The van der Waals surface area contributed by atoms with E-state index in [1.165, 1.54) is 23.8 Å². The highest BCUT2D eigenvalue weighted by atomic mass is 32.2. The molecule has 3 atom stereocenters. The van der Waals surface area contributed by atoms with E-state index in [2.05, 4.69) is 10.3 Å². The van der Waals surface area contributed by atoms with Gasteiger partial charge in [0.15, 0.2) is 18.1 Å². The van der Waals surface area contributed by atoms with E-state index in [4.69, 9.17) is 14.2 Å². The molecule has 2 aliphatic rings. The third-order valence-corrected chi connectivity index (χ3v) is 9.52. The second-order valence-electron chi connectivity index (χ2n) is 9.57. The zero-order chi connectivity index (χ0) is 29.4. The highest BCUT2D eigenvalue weighted by Gasteiger charge is 2.56. The Kier molecular flexibility index (Phi) is 7.48. The zero-order valence-electron chi connectivity index (χ0n) is 22.5. The first kappa shape index (κ1) is 27.6. The lowest BCUT2D eigenvalue weighted by Gasteiger charge is -2.30. The molecular formula is C30H25N3O7S2. The topological polar surface area (TPSA) is 127 Å². The summed E-state index contributed by atoms with van der Waals surface area (Å²) in [5.74, 6) is -0.956. The monoisotopic (exact) mass is 603 g/mol. The number of ether oxygens (including phenoxy) is 3. The molecule has 2 N–H and O–H groups in total. The average molecular weight is 604 g/mol. The van der Waals surface area contributed by atoms with Gasteiger partial charge in [0.2, 0.25) is 11.8 Å². The number of aromatic amines is 1. The average Bonchev–Trinajstić information content (AvgIpc) is 3.50. The number of carbonyl (C=O) groups excluding carboxylic acids is 3. The van der Waals surface area contributed by atoms with Crippen LogP contribution in [-0.2, 0) is 14.4 Å². The van der Waals surface area contributed by atoms with E-state index >= 15 is 0 Å². The van der Waals surface area contributed by atoms with Crippen LogP contribution in [0.5, 0.6) is 17.2 Å². The maximum atomic E-state index is 13.8. The maximum Gasteiger partial charge on any atom is 0.305 e. The van der Waals surface area contributed by atoms with Gasteiger partial charge in [0, 0.05) is 16.5 Å². The van der Waals surface area contributed by atoms with Gasteiger partial charge in [-0.3, -0.25) is 19.2 Å². The number of nitrogens with zero attached hydrogens (tertiary/aromatic N) is 1. The minimum absolute atomic E-state index is 0.257. The first-order valence-corrected chi connectivity index (χ1v) is 14.6. The number of carbonyl (C=O) groups is 3. The number of thioether (sulfide) groups is 1. The second-order valence-corrected chi connectivity index (χ2v) is 11.7. The van der Waals surface area contributed by atoms with Crippen molar-refractivity contribution in [2.75, 3.05) is 31.0 Å². The van der Waals surface area contributed by atoms with E-state index in [1.54, 1.807) is 73.8 Å². The van der Waals surface area contributed by atoms with Crippen molar-refractivity contribution >= 4 is 52.2 Å². The van der Waals surface area contributed by atoms with Crippen LogP contribution in [0.4, 0.5) is 11.4 Å². The molecular weight excluding hydrogens is 578 g/mol. The fraction of sp³-hybridized carbons (Fsp3) is 0.200. The van der Waals surface area contributed by atoms with Crippen molar-refractivity contribution in [1.82, 2.24) is 4.98 Å². The summed E-state index contributed by atoms with van der Waals surface area (Å²) in [6.07, 6.45) is 0. The Morgan fingerprint density at radius 1 is 0.929 bits per heavy atom. The van der Waals surface area contributed by atoms with E-state index in [9.17, 15) is 19.2 Å². The predicted octanol–water partition coefficient (Wildman–Crippen LogP) is 4.27. The van der Waals surface area contributed by atoms with Gasteiger partial charge >= 0.3 is 4.87 Å². The molecule has 12 heteroatoms. The standard InChI is InChI=1S/C30H25N3O7S2/c1-38-19-11-9-17(10-12-19)31-22(34)15-40-20-13-8-16(14-21(20)39-2)23-24-26(41-27-25(23)42-30(37)32-27)29(36)33(28(24)35)18-6-4-3-5-7-18/h3-14,23-24,26H,15H2,1-2H3,(H,31,34)(H,32,37)/t23-,24-,26+/m0/s1. The first-order chi connectivity index (χ1) is 20.4. The van der Waals surface area contributed by atoms with Crippen LogP contribution in [-0.4, -0.2) is 48.8 Å². The summed E-state index contributed by atoms with van der Waals surface area (Å²) in [4.78, 5) is 56.8. The molecule has 1 aromatic heterocycles. The van der Waals surface area contributed by atoms with E-state index < -0.39 is 17.1 Å². The molecule has 1 fully saturated rings. The number of fused-ring (bicyclic) bond motifs is 2. The van der Waals surface area contributed by atoms with Crippen LogP contribution in [0.1, 0.15) is 16.4 Å². The van der Waals surface area contributed by atoms with Gasteiger partial charge < -0.3 is 24.5 Å². The van der Waals surface area contributed by atoms with Crippen molar-refractivity contribution in [1.29, 1.82) is 0 Å². The number of methoxy groups -OCH3 is 2. The van der Waals surface area contributed by atoms with Crippen molar-refractivity contribution in [3.8, 4) is 17.2 Å². The molecule has 42 heavy (non-hydrogen) atoms. The van der Waals surface area contributed by atoms with Gasteiger partial charge in [0.1, 0.15) is 11.0 Å². The number of nitrogens with one attached hydrogen (secondary N) is 2. The number of hydrogen-bond acceptors (Lipinski definition) is 9. The lowest BCUT2D eigenvalue weighted by molar-refractivity contribution is -0.122. The smallest absolute Gasteiger partial charge is 0.305 e. The van der Waals surface area contributed by atoms with Crippen molar-refractivity contribution < 1.29 is 28.6 Å². The molecule has 3 amide bonds. The number of anilines is 2. The summed E-state index contributed by atoms with van der Waals surface area (Å²) >= 11 is 2.25. The van der Waals surface area contributed by atoms with Crippen molar-refractivity contribution in [3.05, 3.63) is 92.9 Å². The highest BCUT2D eigenvalue weighted by Crippen LogP contribution is 2.53. The molecule has 1 saturated heterocycles. The Morgan fingerprint density at radius 2 is 1.69 bits per heavy atom. The molecule has 214 valence electrons. The number of rotatable bonds is 8. The zero-order valence-corrected chi connectivity index (χ0v) is 24.1. The van der Waals surface area contributed by atoms with Crippen LogP contribution in [0.25, 0.3) is 0 Å². The summed E-state index contributed by atoms with van der Waals surface area (Å²) in [6.45, 7) is -0.269. The molecule has 0 saturated carbocycles. The van der Waals surface area contributed by atoms with Crippen LogP contribution in [0.3, 0.4) is 0 Å². The number of imide groups is 1. The lowest BCUT2D eigenvalue weighted by Crippen LogP contribution is -2.32. The predicted molar refractivity (Wildman–Crippen MR) is 159 cm³/mol. The van der Waals surface area contributed by atoms with Crippen molar-refractivity contribution in [2.45, 2.75) is 16.2 Å². The summed E-state index contributed by atoms with van der Waals surface area (Å²) in [5.41, 5.74) is 1.79. The van der Waals surface area contributed by atoms with Gasteiger partial charge in [-0.2, -0.15) is 0 Å². The quantitative estimate of drug-likeness (QED) is 0.286. The molecule has 0 spiro atoms. The van der Waals surface area contributed by atoms with Crippen LogP contribution >= 0.6 is 23.1 Å². The largest absolute Gasteiger partial charge is 0.497 e. The normalized spacial score (nSPS) is 19.2. The minimum atomic E-state index is -0.728. The molecule has 2 aliphatic heterocycles. The molecule has 6 rings (SSSR count). The maximum absolute atomic E-state index is 13.8. The van der Waals surface area contributed by atoms with Gasteiger partial charge in [0.05, 0.1) is 30.9 Å². The number of aromatic nitrogens is 1. The summed E-state index contributed by atoms with van der Waals surface area (Å²) in [6, 6.07) is 20.9. The van der Waals surface area contributed by atoms with Gasteiger partial charge in [-0.15, -0.1) is 0 Å². The number of hydrogen-bond donors (Lipinski definition) is 2. The van der Waals surface area contributed by atoms with Gasteiger partial charge in [-0.25, -0.2) is 4.90 Å². The van der Waals surface area contributed by atoms with Crippen LogP contribution in [0.2, 0.25) is 0 Å². The summed E-state index contributed by atoms with van der Waals surface area (Å²) < 4.78 is 16.5. The van der Waals surface area contributed by atoms with Crippen LogP contribution in [0.15, 0.2) is 82.6 Å². The highest BCUT2D eigenvalue weighted by molar-refractivity contribution is 8.00. The lowest BCUT2D eigenvalue weighted by atomic mass is 9.83. The summed E-state index contributed by atoms with van der Waals surface area (Å²) in [5, 5.41) is 2.64. The Bertz CT molecular complexity index is 1720. The SMILES string of the molecule is COc1ccc(NC(=O)COc2ccc([C@@H]3c4sc(=O)[nH]c4S[C@H]4C(=O)N(c5ccccc5)C(=O)[C@@H]34)cc2OC)cc1. The van der Waals surface area contributed by atoms with E-state index in [0.29, 0.717) is 44.1 Å². The van der Waals surface area contributed by atoms with Crippen molar-refractivity contribution in [2.24, 2.45) is 5.92 Å². The Labute approximate surface area is 248 Å². The number of amides is 3. The van der Waals surface area contributed by atoms with E-state index in [-0.39, 0.29) is 29.2 Å². The Balaban J connectivity index is 1.27. The molecule has 0 aliphatic carbocycles. The number of benzene rings is 3. The van der Waals surface area contributed by atoms with E-state index in [0.717, 1.165) is 11.3 Å². The third-order valence-electron chi connectivity index (χ3n) is 7.12. The van der Waals surface area contributed by atoms with Crippen LogP contribution in [0, 0.1) is 5.92 Å². The molecule has 3 aromatic carbocycles.